The monoisotopic (exact) mass is 477 g/mol. The number of aryl methyl sites for hydroxylation is 1. The third-order valence-electron chi connectivity index (χ3n) is 5.43. The molecule has 1 aliphatic heterocycles. The lowest BCUT2D eigenvalue weighted by atomic mass is 10.2. The number of halogens is 1. The van der Waals surface area contributed by atoms with Crippen LogP contribution in [0.15, 0.2) is 53.7 Å². The predicted molar refractivity (Wildman–Crippen MR) is 131 cm³/mol. The van der Waals surface area contributed by atoms with Crippen molar-refractivity contribution in [1.82, 2.24) is 29.7 Å². The van der Waals surface area contributed by atoms with E-state index in [0.29, 0.717) is 23.2 Å². The topological polar surface area (TPSA) is 111 Å². The van der Waals surface area contributed by atoms with E-state index in [-0.39, 0.29) is 11.8 Å². The molecule has 0 spiro atoms. The fraction of sp³-hybridized carbons (Fsp3) is 0.261. The Hall–Kier alpha value is -3.73. The van der Waals surface area contributed by atoms with E-state index in [2.05, 4.69) is 71.1 Å². The van der Waals surface area contributed by atoms with Gasteiger partial charge in [0.05, 0.1) is 11.4 Å². The molecule has 1 saturated heterocycles. The van der Waals surface area contributed by atoms with Crippen LogP contribution in [0.4, 0.5) is 27.9 Å². The first-order chi connectivity index (χ1) is 16.5. The van der Waals surface area contributed by atoms with Crippen molar-refractivity contribution in [2.24, 2.45) is 0 Å². The number of hydrogen-bond donors (Lipinski definition) is 2. The molecule has 9 nitrogen and oxygen atoms in total. The van der Waals surface area contributed by atoms with Crippen molar-refractivity contribution in [2.45, 2.75) is 30.7 Å². The third kappa shape index (κ3) is 4.93. The molecule has 0 amide bonds. The van der Waals surface area contributed by atoms with E-state index in [0.717, 1.165) is 42.7 Å². The molecule has 0 bridgehead atoms. The molecule has 1 fully saturated rings. The van der Waals surface area contributed by atoms with Gasteiger partial charge in [0, 0.05) is 18.8 Å². The van der Waals surface area contributed by atoms with E-state index >= 15 is 0 Å². The second-order valence-corrected chi connectivity index (χ2v) is 8.94. The van der Waals surface area contributed by atoms with Crippen molar-refractivity contribution >= 4 is 35.3 Å². The van der Waals surface area contributed by atoms with E-state index in [1.54, 1.807) is 12.1 Å². The van der Waals surface area contributed by atoms with Gasteiger partial charge in [-0.3, -0.25) is 4.57 Å². The summed E-state index contributed by atoms with van der Waals surface area (Å²) in [6, 6.07) is 14.2. The molecule has 1 aliphatic rings. The molecule has 4 aromatic rings. The Morgan fingerprint density at radius 3 is 2.44 bits per heavy atom. The summed E-state index contributed by atoms with van der Waals surface area (Å²) in [4.78, 5) is 15.1. The summed E-state index contributed by atoms with van der Waals surface area (Å²) >= 11 is 1.48. The molecule has 5 rings (SSSR count). The van der Waals surface area contributed by atoms with Crippen LogP contribution in [0, 0.1) is 12.7 Å². The van der Waals surface area contributed by atoms with Crippen LogP contribution < -0.4 is 16.0 Å². The molecule has 3 N–H and O–H groups in total. The standard InChI is InChI=1S/C23H24FN9S/c1-15-4-10-18(11-5-15)33-22(32-12-2-3-13-32)30-31-23(33)34-14-19-27-20(25)29-21(28-19)26-17-8-6-16(24)7-9-17/h4-11H,2-3,12-14H2,1H3,(H3,25,26,27,28,29). The lowest BCUT2D eigenvalue weighted by molar-refractivity contribution is 0.628. The van der Waals surface area contributed by atoms with Crippen LogP contribution in [0.25, 0.3) is 5.69 Å². The fourth-order valence-electron chi connectivity index (χ4n) is 3.75. The zero-order chi connectivity index (χ0) is 23.5. The zero-order valence-electron chi connectivity index (χ0n) is 18.6. The van der Waals surface area contributed by atoms with Crippen molar-refractivity contribution in [3.63, 3.8) is 0 Å². The van der Waals surface area contributed by atoms with E-state index in [9.17, 15) is 4.39 Å². The highest BCUT2D eigenvalue weighted by atomic mass is 32.2. The molecule has 2 aromatic heterocycles. The lowest BCUT2D eigenvalue weighted by Gasteiger charge is -2.18. The summed E-state index contributed by atoms with van der Waals surface area (Å²) in [6.07, 6.45) is 2.30. The third-order valence-corrected chi connectivity index (χ3v) is 6.35. The molecule has 0 atom stereocenters. The number of thioether (sulfide) groups is 1. The molecule has 3 heterocycles. The minimum atomic E-state index is -0.316. The van der Waals surface area contributed by atoms with Gasteiger partial charge in [0.25, 0.3) is 0 Å². The zero-order valence-corrected chi connectivity index (χ0v) is 19.5. The minimum Gasteiger partial charge on any atom is -0.368 e. The summed E-state index contributed by atoms with van der Waals surface area (Å²) in [7, 11) is 0. The van der Waals surface area contributed by atoms with Gasteiger partial charge in [-0.25, -0.2) is 4.39 Å². The lowest BCUT2D eigenvalue weighted by Crippen LogP contribution is -2.22. The summed E-state index contributed by atoms with van der Waals surface area (Å²) in [5.74, 6) is 1.86. The van der Waals surface area contributed by atoms with Crippen LogP contribution in [0.5, 0.6) is 0 Å². The van der Waals surface area contributed by atoms with Crippen molar-refractivity contribution in [3.05, 3.63) is 65.7 Å². The minimum absolute atomic E-state index is 0.105. The maximum Gasteiger partial charge on any atom is 0.232 e. The Kier molecular flexibility index (Phi) is 6.26. The summed E-state index contributed by atoms with van der Waals surface area (Å²) in [5.41, 5.74) is 8.77. The molecule has 0 aliphatic carbocycles. The summed E-state index contributed by atoms with van der Waals surface area (Å²) in [6.45, 7) is 4.00. The van der Waals surface area contributed by atoms with Crippen LogP contribution >= 0.6 is 11.8 Å². The van der Waals surface area contributed by atoms with Gasteiger partial charge in [-0.05, 0) is 56.2 Å². The molecule has 0 unspecified atom stereocenters. The largest absolute Gasteiger partial charge is 0.368 e. The highest BCUT2D eigenvalue weighted by Gasteiger charge is 2.22. The average molecular weight is 478 g/mol. The van der Waals surface area contributed by atoms with Gasteiger partial charge < -0.3 is 16.0 Å². The normalized spacial score (nSPS) is 13.4. The van der Waals surface area contributed by atoms with Crippen LogP contribution in [0.3, 0.4) is 0 Å². The number of rotatable bonds is 7. The van der Waals surface area contributed by atoms with Crippen molar-refractivity contribution in [2.75, 3.05) is 29.0 Å². The van der Waals surface area contributed by atoms with Gasteiger partial charge in [-0.15, -0.1) is 10.2 Å². The van der Waals surface area contributed by atoms with Crippen LogP contribution in [0.2, 0.25) is 0 Å². The SMILES string of the molecule is Cc1ccc(-n2c(SCc3nc(N)nc(Nc4ccc(F)cc4)n3)nnc2N2CCCC2)cc1. The number of aromatic nitrogens is 6. The molecular weight excluding hydrogens is 453 g/mol. The first-order valence-electron chi connectivity index (χ1n) is 11.0. The number of nitrogens with one attached hydrogen (secondary N) is 1. The van der Waals surface area contributed by atoms with E-state index in [1.165, 1.54) is 29.5 Å². The Balaban J connectivity index is 1.39. The first kappa shape index (κ1) is 22.1. The molecule has 11 heteroatoms. The molecule has 2 aromatic carbocycles. The van der Waals surface area contributed by atoms with Gasteiger partial charge in [0.15, 0.2) is 5.16 Å². The van der Waals surface area contributed by atoms with Crippen LogP contribution in [-0.4, -0.2) is 42.8 Å². The van der Waals surface area contributed by atoms with Crippen LogP contribution in [0.1, 0.15) is 24.2 Å². The molecule has 0 saturated carbocycles. The van der Waals surface area contributed by atoms with Crippen molar-refractivity contribution in [1.29, 1.82) is 0 Å². The maximum atomic E-state index is 13.2. The van der Waals surface area contributed by atoms with Gasteiger partial charge in [0.1, 0.15) is 11.6 Å². The van der Waals surface area contributed by atoms with E-state index in [1.807, 2.05) is 0 Å². The second-order valence-electron chi connectivity index (χ2n) is 8.00. The molecular formula is C23H24FN9S. The van der Waals surface area contributed by atoms with Gasteiger partial charge in [0.2, 0.25) is 17.8 Å². The predicted octanol–water partition coefficient (Wildman–Crippen LogP) is 4.12. The number of anilines is 4. The smallest absolute Gasteiger partial charge is 0.232 e. The molecule has 0 radical (unpaired) electrons. The Morgan fingerprint density at radius 2 is 1.71 bits per heavy atom. The highest BCUT2D eigenvalue weighted by molar-refractivity contribution is 7.98. The number of benzene rings is 2. The Morgan fingerprint density at radius 1 is 0.971 bits per heavy atom. The van der Waals surface area contributed by atoms with Gasteiger partial charge in [-0.1, -0.05) is 29.5 Å². The fourth-order valence-corrected chi connectivity index (χ4v) is 4.55. The average Bonchev–Trinajstić information content (AvgIpc) is 3.49. The summed E-state index contributed by atoms with van der Waals surface area (Å²) in [5, 5.41) is 12.8. The number of nitrogen functional groups attached to an aromatic ring is 1. The van der Waals surface area contributed by atoms with Gasteiger partial charge in [-0.2, -0.15) is 15.0 Å². The first-order valence-corrected chi connectivity index (χ1v) is 12.0. The Labute approximate surface area is 200 Å². The van der Waals surface area contributed by atoms with Crippen LogP contribution in [-0.2, 0) is 5.75 Å². The van der Waals surface area contributed by atoms with E-state index < -0.39 is 0 Å². The second kappa shape index (κ2) is 9.64. The number of nitrogens with two attached hydrogens (primary N) is 1. The van der Waals surface area contributed by atoms with Crippen molar-refractivity contribution in [3.8, 4) is 5.69 Å². The summed E-state index contributed by atoms with van der Waals surface area (Å²) < 4.78 is 15.3. The number of nitrogens with zero attached hydrogens (tertiary/aromatic N) is 7. The molecule has 34 heavy (non-hydrogen) atoms. The van der Waals surface area contributed by atoms with Crippen molar-refractivity contribution < 1.29 is 4.39 Å². The van der Waals surface area contributed by atoms with E-state index in [4.69, 9.17) is 5.73 Å². The number of hydrogen-bond acceptors (Lipinski definition) is 9. The molecule has 174 valence electrons. The van der Waals surface area contributed by atoms with Gasteiger partial charge >= 0.3 is 0 Å². The highest BCUT2D eigenvalue weighted by Crippen LogP contribution is 2.30. The maximum absolute atomic E-state index is 13.2. The quantitative estimate of drug-likeness (QED) is 0.380. The Bertz CT molecular complexity index is 1270.